The van der Waals surface area contributed by atoms with Gasteiger partial charge in [-0.25, -0.2) is 5.48 Å². The minimum Gasteiger partial charge on any atom is -0.353 e. The molecule has 2 aromatic rings. The Labute approximate surface area is 208 Å². The Hall–Kier alpha value is -3.28. The number of nitrogens with one attached hydrogen (secondary N) is 3. The van der Waals surface area contributed by atoms with Gasteiger partial charge in [0.25, 0.3) is 5.91 Å². The van der Waals surface area contributed by atoms with Crippen molar-refractivity contribution in [2.45, 2.75) is 44.6 Å². The van der Waals surface area contributed by atoms with Crippen molar-refractivity contribution in [2.75, 3.05) is 6.54 Å². The highest BCUT2D eigenvalue weighted by atomic mass is 31.0. The maximum Gasteiger partial charge on any atom is 0.252 e. The maximum absolute atomic E-state index is 12.8. The quantitative estimate of drug-likeness (QED) is 0.0910. The van der Waals surface area contributed by atoms with Gasteiger partial charge in [0, 0.05) is 30.7 Å². The largest absolute Gasteiger partial charge is 0.353 e. The Bertz CT molecular complexity index is 1070. The summed E-state index contributed by atoms with van der Waals surface area (Å²) in [6.07, 6.45) is 9.65. The van der Waals surface area contributed by atoms with Gasteiger partial charge in [0.1, 0.15) is 0 Å². The summed E-state index contributed by atoms with van der Waals surface area (Å²) < 4.78 is 0. The Balaban J connectivity index is 1.54. The average Bonchev–Trinajstić information content (AvgIpc) is 3.68. The molecule has 7 nitrogen and oxygen atoms in total. The average molecular weight is 494 g/mol. The molecule has 3 amide bonds. The third-order valence-electron chi connectivity index (χ3n) is 5.56. The molecule has 3 rings (SSSR count). The van der Waals surface area contributed by atoms with Crippen molar-refractivity contribution in [3.63, 3.8) is 0 Å². The standard InChI is InChI=1S/C27H32N3O4P/c31-25(28-17-3-1-2-4-26(32)30-34)16-9-19-5-7-20(8-6-19)18-24(27(33)29-22-12-13-22)21-10-14-23(35)15-11-21/h5-11,14-16,18,22,34H,1-4,12-13,17,35H2,(H,28,31)(H,29,33)(H,30,32)/b16-9+,24-18+. The molecule has 0 radical (unpaired) electrons. The fraction of sp³-hybridized carbons (Fsp3) is 0.296. The molecular formula is C27H32N3O4P. The van der Waals surface area contributed by atoms with Crippen LogP contribution in [0.5, 0.6) is 0 Å². The van der Waals surface area contributed by atoms with E-state index < -0.39 is 5.91 Å². The zero-order valence-electron chi connectivity index (χ0n) is 19.6. The highest BCUT2D eigenvalue weighted by Crippen LogP contribution is 2.23. The molecule has 0 saturated heterocycles. The predicted octanol–water partition coefficient (Wildman–Crippen LogP) is 3.20. The fourth-order valence-electron chi connectivity index (χ4n) is 3.39. The second kappa shape index (κ2) is 13.6. The molecule has 0 aromatic heterocycles. The van der Waals surface area contributed by atoms with Gasteiger partial charge in [-0.1, -0.05) is 55.0 Å². The van der Waals surface area contributed by atoms with Crippen molar-refractivity contribution >= 4 is 50.0 Å². The number of unbranched alkanes of at least 4 members (excludes halogenated alkanes) is 2. The van der Waals surface area contributed by atoms with Crippen LogP contribution in [-0.2, 0) is 14.4 Å². The summed E-state index contributed by atoms with van der Waals surface area (Å²) in [4.78, 5) is 35.8. The van der Waals surface area contributed by atoms with Crippen LogP contribution in [0.4, 0.5) is 0 Å². The monoisotopic (exact) mass is 493 g/mol. The normalized spacial score (nSPS) is 13.5. The lowest BCUT2D eigenvalue weighted by atomic mass is 10.0. The van der Waals surface area contributed by atoms with Gasteiger partial charge in [-0.15, -0.1) is 9.24 Å². The van der Waals surface area contributed by atoms with E-state index in [0.29, 0.717) is 18.5 Å². The van der Waals surface area contributed by atoms with Crippen LogP contribution in [0.3, 0.4) is 0 Å². The third-order valence-corrected chi connectivity index (χ3v) is 5.94. The summed E-state index contributed by atoms with van der Waals surface area (Å²) >= 11 is 0. The Morgan fingerprint density at radius 3 is 2.29 bits per heavy atom. The van der Waals surface area contributed by atoms with Gasteiger partial charge in [0.15, 0.2) is 0 Å². The van der Waals surface area contributed by atoms with Gasteiger partial charge >= 0.3 is 0 Å². The number of hydrogen-bond acceptors (Lipinski definition) is 4. The van der Waals surface area contributed by atoms with Crippen molar-refractivity contribution < 1.29 is 19.6 Å². The van der Waals surface area contributed by atoms with Crippen LogP contribution in [0.1, 0.15) is 55.2 Å². The molecule has 1 fully saturated rings. The van der Waals surface area contributed by atoms with Crippen molar-refractivity contribution in [3.8, 4) is 0 Å². The van der Waals surface area contributed by atoms with E-state index in [-0.39, 0.29) is 24.3 Å². The van der Waals surface area contributed by atoms with Gasteiger partial charge in [0.2, 0.25) is 11.8 Å². The first-order valence-corrected chi connectivity index (χ1v) is 12.4. The van der Waals surface area contributed by atoms with E-state index in [1.54, 1.807) is 11.6 Å². The molecule has 1 saturated carbocycles. The molecular weight excluding hydrogens is 461 g/mol. The van der Waals surface area contributed by atoms with Crippen molar-refractivity contribution in [2.24, 2.45) is 0 Å². The summed E-state index contributed by atoms with van der Waals surface area (Å²) in [6.45, 7) is 0.525. The molecule has 1 aliphatic carbocycles. The molecule has 35 heavy (non-hydrogen) atoms. The number of carbonyl (C=O) groups excluding carboxylic acids is 3. The first kappa shape index (κ1) is 26.3. The number of hydrogen-bond donors (Lipinski definition) is 4. The minimum atomic E-state index is -0.398. The van der Waals surface area contributed by atoms with E-state index in [4.69, 9.17) is 5.21 Å². The highest BCUT2D eigenvalue weighted by Gasteiger charge is 2.25. The summed E-state index contributed by atoms with van der Waals surface area (Å²) in [5.41, 5.74) is 4.87. The lowest BCUT2D eigenvalue weighted by Gasteiger charge is -2.10. The summed E-state index contributed by atoms with van der Waals surface area (Å²) in [6, 6.07) is 15.8. The van der Waals surface area contributed by atoms with Crippen LogP contribution >= 0.6 is 9.24 Å². The van der Waals surface area contributed by atoms with Crippen LogP contribution in [0.2, 0.25) is 0 Å². The summed E-state index contributed by atoms with van der Waals surface area (Å²) in [5.74, 6) is -0.648. The second-order valence-corrected chi connectivity index (χ2v) is 9.23. The van der Waals surface area contributed by atoms with Gasteiger partial charge < -0.3 is 10.6 Å². The first-order valence-electron chi connectivity index (χ1n) is 11.8. The van der Waals surface area contributed by atoms with Crippen molar-refractivity contribution in [1.29, 1.82) is 0 Å². The van der Waals surface area contributed by atoms with Gasteiger partial charge in [0.05, 0.1) is 0 Å². The van der Waals surface area contributed by atoms with E-state index in [9.17, 15) is 14.4 Å². The fourth-order valence-corrected chi connectivity index (χ4v) is 3.58. The first-order chi connectivity index (χ1) is 16.9. The Morgan fingerprint density at radius 2 is 1.63 bits per heavy atom. The van der Waals surface area contributed by atoms with Crippen LogP contribution in [0, 0.1) is 0 Å². The van der Waals surface area contributed by atoms with Crippen LogP contribution in [0.25, 0.3) is 17.7 Å². The number of hydroxylamine groups is 1. The lowest BCUT2D eigenvalue weighted by Crippen LogP contribution is -2.26. The molecule has 1 atom stereocenters. The van der Waals surface area contributed by atoms with E-state index in [1.807, 2.05) is 54.6 Å². The molecule has 184 valence electrons. The SMILES string of the molecule is O=C(/C=C/c1ccc(/C=C(/C(=O)NC2CC2)c2ccc(P)cc2)cc1)NCCCCCC(=O)NO. The van der Waals surface area contributed by atoms with E-state index >= 15 is 0 Å². The summed E-state index contributed by atoms with van der Waals surface area (Å²) in [5, 5.41) is 15.4. The van der Waals surface area contributed by atoms with Crippen LogP contribution in [-0.4, -0.2) is 35.5 Å². The molecule has 8 heteroatoms. The number of benzene rings is 2. The van der Waals surface area contributed by atoms with Crippen molar-refractivity contribution in [3.05, 3.63) is 71.3 Å². The molecule has 1 aliphatic rings. The van der Waals surface area contributed by atoms with Crippen LogP contribution < -0.4 is 21.4 Å². The van der Waals surface area contributed by atoms with Crippen LogP contribution in [0.15, 0.2) is 54.6 Å². The minimum absolute atomic E-state index is 0.0682. The van der Waals surface area contributed by atoms with Gasteiger partial charge in [-0.3, -0.25) is 19.6 Å². The molecule has 0 heterocycles. The Morgan fingerprint density at radius 1 is 0.943 bits per heavy atom. The zero-order valence-corrected chi connectivity index (χ0v) is 20.8. The van der Waals surface area contributed by atoms with E-state index in [1.165, 1.54) is 6.08 Å². The molecule has 4 N–H and O–H groups in total. The molecule has 0 aliphatic heterocycles. The molecule has 0 spiro atoms. The zero-order chi connectivity index (χ0) is 25.0. The topological polar surface area (TPSA) is 108 Å². The van der Waals surface area contributed by atoms with Crippen molar-refractivity contribution in [1.82, 2.24) is 16.1 Å². The number of amides is 3. The van der Waals surface area contributed by atoms with E-state index in [2.05, 4.69) is 19.9 Å². The van der Waals surface area contributed by atoms with Gasteiger partial charge in [-0.2, -0.15) is 0 Å². The molecule has 2 aromatic carbocycles. The smallest absolute Gasteiger partial charge is 0.252 e. The molecule has 1 unspecified atom stereocenters. The third kappa shape index (κ3) is 9.47. The number of carbonyl (C=O) groups is 3. The van der Waals surface area contributed by atoms with Gasteiger partial charge in [-0.05, 0) is 59.8 Å². The summed E-state index contributed by atoms with van der Waals surface area (Å²) in [7, 11) is 2.65. The highest BCUT2D eigenvalue weighted by molar-refractivity contribution is 7.27. The Kier molecular flexibility index (Phi) is 10.2. The van der Waals surface area contributed by atoms with E-state index in [0.717, 1.165) is 47.7 Å². The maximum atomic E-state index is 12.8. The number of rotatable bonds is 12. The lowest BCUT2D eigenvalue weighted by molar-refractivity contribution is -0.129. The molecule has 0 bridgehead atoms. The predicted molar refractivity (Wildman–Crippen MR) is 142 cm³/mol. The second-order valence-electron chi connectivity index (χ2n) is 8.56.